The minimum atomic E-state index is -1.52. The molecule has 2 bridgehead atoms. The number of benzene rings is 1. The number of piperidine rings is 1. The Kier molecular flexibility index (Phi) is 6.27. The number of hydrogen-bond acceptors (Lipinski definition) is 7. The maximum absolute atomic E-state index is 13.1. The van der Waals surface area contributed by atoms with Crippen LogP contribution < -0.4 is 4.74 Å². The van der Waals surface area contributed by atoms with Crippen molar-refractivity contribution in [3.63, 3.8) is 0 Å². The second-order valence-corrected chi connectivity index (χ2v) is 8.08. The molecule has 7 heteroatoms. The third-order valence-corrected chi connectivity index (χ3v) is 5.97. The molecule has 0 radical (unpaired) electrons. The fourth-order valence-corrected chi connectivity index (χ4v) is 4.74. The smallest absolute Gasteiger partial charge is 0.321 e. The zero-order chi connectivity index (χ0) is 21.2. The molecular weight excluding hydrogens is 374 g/mol. The summed E-state index contributed by atoms with van der Waals surface area (Å²) >= 11 is 0. The molecule has 1 aromatic carbocycles. The molecule has 0 spiro atoms. The van der Waals surface area contributed by atoms with E-state index in [9.17, 15) is 14.4 Å². The van der Waals surface area contributed by atoms with Crippen molar-refractivity contribution in [3.8, 4) is 5.75 Å². The van der Waals surface area contributed by atoms with Gasteiger partial charge in [-0.3, -0.25) is 19.3 Å². The van der Waals surface area contributed by atoms with Crippen molar-refractivity contribution in [2.75, 3.05) is 14.2 Å². The number of carbonyl (C=O) groups excluding carboxylic acids is 3. The molecule has 0 aliphatic carbocycles. The summed E-state index contributed by atoms with van der Waals surface area (Å²) in [7, 11) is 2.88. The first-order valence-corrected chi connectivity index (χ1v) is 10.0. The van der Waals surface area contributed by atoms with E-state index in [-0.39, 0.29) is 30.8 Å². The molecule has 3 atom stereocenters. The van der Waals surface area contributed by atoms with Crippen LogP contribution in [0.2, 0.25) is 0 Å². The van der Waals surface area contributed by atoms with Crippen LogP contribution in [0.5, 0.6) is 5.75 Å². The van der Waals surface area contributed by atoms with E-state index in [1.807, 2.05) is 24.3 Å². The topological polar surface area (TPSA) is 82.1 Å². The second-order valence-electron chi connectivity index (χ2n) is 8.08. The van der Waals surface area contributed by atoms with Crippen molar-refractivity contribution in [1.82, 2.24) is 4.90 Å². The highest BCUT2D eigenvalue weighted by atomic mass is 16.5. The maximum Gasteiger partial charge on any atom is 0.321 e. The van der Waals surface area contributed by atoms with Gasteiger partial charge in [-0.15, -0.1) is 0 Å². The zero-order valence-electron chi connectivity index (χ0n) is 17.5. The van der Waals surface area contributed by atoms with Crippen LogP contribution in [0.3, 0.4) is 0 Å². The lowest BCUT2D eigenvalue weighted by atomic mass is 9.70. The third kappa shape index (κ3) is 4.01. The van der Waals surface area contributed by atoms with E-state index in [0.717, 1.165) is 17.7 Å². The number of ether oxygens (including phenoxy) is 3. The van der Waals surface area contributed by atoms with Crippen LogP contribution in [0, 0.1) is 5.41 Å². The molecule has 7 nitrogen and oxygen atoms in total. The Labute approximate surface area is 171 Å². The first-order valence-electron chi connectivity index (χ1n) is 10.0. The summed E-state index contributed by atoms with van der Waals surface area (Å²) in [5.74, 6) is -0.670. The van der Waals surface area contributed by atoms with Crippen molar-refractivity contribution in [1.29, 1.82) is 0 Å². The summed E-state index contributed by atoms with van der Waals surface area (Å²) in [6.45, 7) is 4.05. The summed E-state index contributed by atoms with van der Waals surface area (Å²) in [5, 5.41) is 0. The van der Waals surface area contributed by atoms with Crippen molar-refractivity contribution in [2.45, 2.75) is 64.3 Å². The van der Waals surface area contributed by atoms with E-state index in [2.05, 4.69) is 4.90 Å². The summed E-state index contributed by atoms with van der Waals surface area (Å²) < 4.78 is 15.6. The van der Waals surface area contributed by atoms with Gasteiger partial charge in [0.15, 0.2) is 11.2 Å². The predicted octanol–water partition coefficient (Wildman–Crippen LogP) is 2.50. The Morgan fingerprint density at radius 2 is 2.00 bits per heavy atom. The van der Waals surface area contributed by atoms with Crippen LogP contribution in [-0.4, -0.2) is 55.0 Å². The van der Waals surface area contributed by atoms with Crippen LogP contribution in [0.15, 0.2) is 24.3 Å². The van der Waals surface area contributed by atoms with E-state index >= 15 is 0 Å². The van der Waals surface area contributed by atoms with Gasteiger partial charge >= 0.3 is 11.9 Å². The van der Waals surface area contributed by atoms with Gasteiger partial charge in [-0.05, 0) is 44.4 Å². The fourth-order valence-electron chi connectivity index (χ4n) is 4.74. The Hall–Kier alpha value is -2.41. The number of fused-ring (bicyclic) bond motifs is 2. The molecule has 0 saturated carbocycles. The molecule has 2 fully saturated rings. The lowest BCUT2D eigenvalue weighted by Crippen LogP contribution is -2.61. The summed E-state index contributed by atoms with van der Waals surface area (Å²) in [6.07, 6.45) is 1.08. The van der Waals surface area contributed by atoms with Gasteiger partial charge in [-0.25, -0.2) is 0 Å². The summed E-state index contributed by atoms with van der Waals surface area (Å²) in [5.41, 5.74) is -0.494. The van der Waals surface area contributed by atoms with Gasteiger partial charge < -0.3 is 14.2 Å². The molecule has 0 amide bonds. The highest BCUT2D eigenvalue weighted by molar-refractivity contribution is 6.08. The zero-order valence-corrected chi connectivity index (χ0v) is 17.5. The van der Waals surface area contributed by atoms with Crippen LogP contribution in [0.1, 0.15) is 45.1 Å². The Bertz CT molecular complexity index is 791. The van der Waals surface area contributed by atoms with E-state index in [1.165, 1.54) is 7.11 Å². The largest absolute Gasteiger partial charge is 0.497 e. The lowest BCUT2D eigenvalue weighted by Gasteiger charge is -2.45. The second kappa shape index (κ2) is 8.53. The number of esters is 2. The van der Waals surface area contributed by atoms with Gasteiger partial charge in [0.1, 0.15) is 5.75 Å². The minimum absolute atomic E-state index is 0.0533. The molecule has 0 N–H and O–H groups in total. The van der Waals surface area contributed by atoms with E-state index in [0.29, 0.717) is 13.0 Å². The number of rotatable bonds is 7. The van der Waals surface area contributed by atoms with E-state index in [1.54, 1.807) is 21.0 Å². The maximum atomic E-state index is 13.1. The molecule has 2 aliphatic heterocycles. The highest BCUT2D eigenvalue weighted by Gasteiger charge is 2.62. The van der Waals surface area contributed by atoms with Gasteiger partial charge in [-0.1, -0.05) is 12.1 Å². The van der Waals surface area contributed by atoms with E-state index < -0.39 is 23.4 Å². The molecule has 1 aromatic rings. The van der Waals surface area contributed by atoms with Gasteiger partial charge in [0.05, 0.1) is 26.7 Å². The highest BCUT2D eigenvalue weighted by Crippen LogP contribution is 2.48. The molecule has 2 aliphatic rings. The Balaban J connectivity index is 1.93. The first-order chi connectivity index (χ1) is 13.8. The average molecular weight is 403 g/mol. The number of nitrogens with zero attached hydrogens (tertiary/aromatic N) is 1. The van der Waals surface area contributed by atoms with Crippen LogP contribution in [0.4, 0.5) is 0 Å². The standard InChI is InChI=1S/C22H29NO6/c1-14(2)29-20(25)12-22(21(26)28-4)18-9-8-16(11-19(22)24)23(18)13-15-6-5-7-17(10-15)27-3/h5-7,10,14,16,18H,8-9,11-13H2,1-4H3/t16-,18-,22+/m1/s1. The molecule has 158 valence electrons. The van der Waals surface area contributed by atoms with Crippen LogP contribution in [-0.2, 0) is 30.4 Å². The number of methoxy groups -OCH3 is 2. The molecule has 3 rings (SSSR count). The van der Waals surface area contributed by atoms with Crippen LogP contribution >= 0.6 is 0 Å². The van der Waals surface area contributed by atoms with Crippen molar-refractivity contribution < 1.29 is 28.6 Å². The summed E-state index contributed by atoms with van der Waals surface area (Å²) in [6, 6.07) is 7.38. The third-order valence-electron chi connectivity index (χ3n) is 5.97. The SMILES string of the molecule is COC(=O)[C@]1(CC(=O)OC(C)C)C(=O)C[C@H]2CC[C@H]1N2Cc1cccc(OC)c1. The minimum Gasteiger partial charge on any atom is -0.497 e. The first kappa shape index (κ1) is 21.3. The van der Waals surface area contributed by atoms with E-state index in [4.69, 9.17) is 14.2 Å². The molecule has 0 aromatic heterocycles. The Morgan fingerprint density at radius 1 is 1.24 bits per heavy atom. The van der Waals surface area contributed by atoms with Gasteiger partial charge in [0, 0.05) is 25.0 Å². The van der Waals surface area contributed by atoms with Gasteiger partial charge in [0.25, 0.3) is 0 Å². The number of ketones is 1. The lowest BCUT2D eigenvalue weighted by molar-refractivity contribution is -0.174. The monoisotopic (exact) mass is 403 g/mol. The van der Waals surface area contributed by atoms with Crippen molar-refractivity contribution in [3.05, 3.63) is 29.8 Å². The number of carbonyl (C=O) groups is 3. The van der Waals surface area contributed by atoms with Crippen LogP contribution in [0.25, 0.3) is 0 Å². The number of Topliss-reactive ketones (excluding diaryl/α,β-unsaturated/α-hetero) is 1. The van der Waals surface area contributed by atoms with Gasteiger partial charge in [0.2, 0.25) is 0 Å². The quantitative estimate of drug-likeness (QED) is 0.511. The van der Waals surface area contributed by atoms with Crippen molar-refractivity contribution in [2.24, 2.45) is 5.41 Å². The van der Waals surface area contributed by atoms with Gasteiger partial charge in [-0.2, -0.15) is 0 Å². The molecular formula is C22H29NO6. The van der Waals surface area contributed by atoms with Crippen molar-refractivity contribution >= 4 is 17.7 Å². The predicted molar refractivity (Wildman–Crippen MR) is 105 cm³/mol. The average Bonchev–Trinajstić information content (AvgIpc) is 3.00. The molecule has 2 saturated heterocycles. The Morgan fingerprint density at radius 3 is 2.66 bits per heavy atom. The molecule has 0 unspecified atom stereocenters. The fraction of sp³-hybridized carbons (Fsp3) is 0.591. The summed E-state index contributed by atoms with van der Waals surface area (Å²) in [4.78, 5) is 40.7. The number of hydrogen-bond donors (Lipinski definition) is 0. The normalized spacial score (nSPS) is 26.4. The molecule has 2 heterocycles. The molecule has 29 heavy (non-hydrogen) atoms.